The van der Waals surface area contributed by atoms with Gasteiger partial charge in [0.25, 0.3) is 5.91 Å². The highest BCUT2D eigenvalue weighted by Crippen LogP contribution is 2.30. The van der Waals surface area contributed by atoms with Crippen LogP contribution in [-0.4, -0.2) is 53.5 Å². The molecule has 0 radical (unpaired) electrons. The molecule has 1 heterocycles. The summed E-state index contributed by atoms with van der Waals surface area (Å²) in [5, 5.41) is 18.5. The van der Waals surface area contributed by atoms with Gasteiger partial charge >= 0.3 is 0 Å². The van der Waals surface area contributed by atoms with E-state index in [0.29, 0.717) is 42.1 Å². The number of amidine groups is 1. The molecular weight excluding hydrogens is 478 g/mol. The average molecular weight is 524 g/mol. The van der Waals surface area contributed by atoms with Crippen molar-refractivity contribution >= 4 is 24.0 Å². The summed E-state index contributed by atoms with van der Waals surface area (Å²) in [7, 11) is 1.53. The predicted molar refractivity (Wildman–Crippen MR) is 156 cm³/mol. The number of hydrogen-bond acceptors (Lipinski definition) is 5. The molecule has 0 unspecified atom stereocenters. The van der Waals surface area contributed by atoms with Gasteiger partial charge in [-0.05, 0) is 62.1 Å². The van der Waals surface area contributed by atoms with Gasteiger partial charge in [-0.1, -0.05) is 53.3 Å². The molecule has 0 spiro atoms. The number of amides is 2. The van der Waals surface area contributed by atoms with Crippen LogP contribution in [0, 0.1) is 16.2 Å². The fourth-order valence-corrected chi connectivity index (χ4v) is 3.90. The van der Waals surface area contributed by atoms with Crippen LogP contribution in [0.1, 0.15) is 76.9 Å². The number of allylic oxidation sites excluding steroid dienone is 3. The standard InChI is InChI=1S/C28H39N5O3.C2H6/c1-18(2)33(17-29)25(30)19(3)10-9-11-20(4)31-26(34)23-14-22-16-32(27(35)28(5,6)7)13-12-21(22)15-24(23)36-8;1-2/h9-11,14-15,17-18,29-30H,4,12-13,16H2,1-3,5-8H3,(H,31,34);1-2H3/b11-9-,19-10+,29-17?,30-25?;. The fourth-order valence-electron chi connectivity index (χ4n) is 3.90. The number of ether oxygens (including phenoxy) is 1. The van der Waals surface area contributed by atoms with E-state index in [-0.39, 0.29) is 23.7 Å². The third-order valence-corrected chi connectivity index (χ3v) is 5.95. The van der Waals surface area contributed by atoms with Gasteiger partial charge in [-0.25, -0.2) is 0 Å². The molecule has 0 saturated carbocycles. The van der Waals surface area contributed by atoms with E-state index in [0.717, 1.165) is 17.5 Å². The Labute approximate surface area is 228 Å². The number of carbonyl (C=O) groups excluding carboxylic acids is 2. The lowest BCUT2D eigenvalue weighted by atomic mass is 9.91. The minimum Gasteiger partial charge on any atom is -0.496 e. The van der Waals surface area contributed by atoms with Crippen LogP contribution in [0.4, 0.5) is 0 Å². The van der Waals surface area contributed by atoms with Crippen molar-refractivity contribution in [1.82, 2.24) is 15.1 Å². The number of benzene rings is 1. The molecule has 2 rings (SSSR count). The van der Waals surface area contributed by atoms with E-state index in [9.17, 15) is 9.59 Å². The van der Waals surface area contributed by atoms with E-state index in [2.05, 4.69) is 11.9 Å². The zero-order valence-corrected chi connectivity index (χ0v) is 24.5. The van der Waals surface area contributed by atoms with Crippen LogP contribution < -0.4 is 10.1 Å². The first-order chi connectivity index (χ1) is 17.8. The molecule has 1 aromatic rings. The van der Waals surface area contributed by atoms with Crippen molar-refractivity contribution in [2.75, 3.05) is 13.7 Å². The Kier molecular flexibility index (Phi) is 12.2. The normalized spacial score (nSPS) is 13.3. The van der Waals surface area contributed by atoms with Crippen LogP contribution >= 0.6 is 0 Å². The first kappa shape index (κ1) is 32.3. The molecule has 1 aliphatic rings. The van der Waals surface area contributed by atoms with Crippen molar-refractivity contribution in [1.29, 1.82) is 10.8 Å². The zero-order valence-electron chi connectivity index (χ0n) is 24.5. The van der Waals surface area contributed by atoms with Gasteiger partial charge in [0.1, 0.15) is 11.6 Å². The van der Waals surface area contributed by atoms with Crippen LogP contribution in [0.3, 0.4) is 0 Å². The maximum Gasteiger partial charge on any atom is 0.259 e. The van der Waals surface area contributed by atoms with Crippen LogP contribution in [0.25, 0.3) is 0 Å². The van der Waals surface area contributed by atoms with Crippen LogP contribution in [0.15, 0.2) is 48.2 Å². The van der Waals surface area contributed by atoms with Crippen molar-refractivity contribution in [3.63, 3.8) is 0 Å². The van der Waals surface area contributed by atoms with Gasteiger partial charge in [0.15, 0.2) is 0 Å². The van der Waals surface area contributed by atoms with E-state index in [1.807, 2.05) is 59.4 Å². The molecule has 0 bridgehead atoms. The van der Waals surface area contributed by atoms with E-state index < -0.39 is 5.41 Å². The van der Waals surface area contributed by atoms with Gasteiger partial charge in [-0.15, -0.1) is 0 Å². The van der Waals surface area contributed by atoms with Crippen molar-refractivity contribution in [3.05, 3.63) is 64.9 Å². The molecule has 0 atom stereocenters. The molecule has 0 fully saturated rings. The summed E-state index contributed by atoms with van der Waals surface area (Å²) >= 11 is 0. The van der Waals surface area contributed by atoms with Gasteiger partial charge in [-0.3, -0.25) is 20.4 Å². The van der Waals surface area contributed by atoms with Gasteiger partial charge < -0.3 is 19.9 Å². The Bertz CT molecular complexity index is 1110. The highest BCUT2D eigenvalue weighted by atomic mass is 16.5. The van der Waals surface area contributed by atoms with Gasteiger partial charge in [0, 0.05) is 30.2 Å². The largest absolute Gasteiger partial charge is 0.496 e. The van der Waals surface area contributed by atoms with E-state index in [1.54, 1.807) is 36.1 Å². The summed E-state index contributed by atoms with van der Waals surface area (Å²) < 4.78 is 5.49. The zero-order chi connectivity index (χ0) is 29.2. The summed E-state index contributed by atoms with van der Waals surface area (Å²) in [6.07, 6.45) is 6.93. The Hall–Kier alpha value is -3.68. The number of fused-ring (bicyclic) bond motifs is 1. The Morgan fingerprint density at radius 2 is 1.84 bits per heavy atom. The van der Waals surface area contributed by atoms with E-state index in [4.69, 9.17) is 15.6 Å². The van der Waals surface area contributed by atoms with E-state index >= 15 is 0 Å². The lowest BCUT2D eigenvalue weighted by molar-refractivity contribution is -0.140. The Morgan fingerprint density at radius 3 is 2.37 bits per heavy atom. The molecule has 0 saturated heterocycles. The maximum atomic E-state index is 13.1. The quantitative estimate of drug-likeness (QED) is 0.231. The third-order valence-electron chi connectivity index (χ3n) is 5.95. The maximum absolute atomic E-state index is 13.1. The summed E-state index contributed by atoms with van der Waals surface area (Å²) in [5.74, 6) is 0.439. The number of hydrogen-bond donors (Lipinski definition) is 3. The molecule has 1 aromatic carbocycles. The van der Waals surface area contributed by atoms with Crippen molar-refractivity contribution in [2.24, 2.45) is 5.41 Å². The average Bonchev–Trinajstić information content (AvgIpc) is 2.87. The Balaban J connectivity index is 0.00000352. The van der Waals surface area contributed by atoms with Crippen molar-refractivity contribution < 1.29 is 14.3 Å². The van der Waals surface area contributed by atoms with Crippen LogP contribution in [-0.2, 0) is 17.8 Å². The monoisotopic (exact) mass is 523 g/mol. The van der Waals surface area contributed by atoms with Gasteiger partial charge in [-0.2, -0.15) is 0 Å². The molecule has 1 aliphatic heterocycles. The van der Waals surface area contributed by atoms with Gasteiger partial charge in [0.2, 0.25) is 5.91 Å². The molecular formula is C30H45N5O3. The predicted octanol–water partition coefficient (Wildman–Crippen LogP) is 5.69. The van der Waals surface area contributed by atoms with Crippen LogP contribution in [0.2, 0.25) is 0 Å². The molecule has 3 N–H and O–H groups in total. The Morgan fingerprint density at radius 1 is 1.21 bits per heavy atom. The highest BCUT2D eigenvalue weighted by molar-refractivity contribution is 6.01. The molecule has 8 heteroatoms. The lowest BCUT2D eigenvalue weighted by Gasteiger charge is -2.34. The minimum absolute atomic E-state index is 0.00171. The summed E-state index contributed by atoms with van der Waals surface area (Å²) in [6, 6.07) is 3.68. The van der Waals surface area contributed by atoms with Crippen molar-refractivity contribution in [2.45, 2.75) is 74.4 Å². The number of carbonyl (C=O) groups is 2. The third kappa shape index (κ3) is 8.43. The lowest BCUT2D eigenvalue weighted by Crippen LogP contribution is -2.42. The second kappa shape index (κ2) is 14.3. The van der Waals surface area contributed by atoms with Gasteiger partial charge in [0.05, 0.1) is 19.0 Å². The molecule has 2 amide bonds. The first-order valence-corrected chi connectivity index (χ1v) is 13.0. The fraction of sp³-hybridized carbons (Fsp3) is 0.467. The SMILES string of the molecule is C=C(/C=C\C=C(/C)C(=N)N(C=N)C(C)C)NC(=O)c1cc2c(cc1OC)CCN(C(=O)C(C)(C)C)C2.CC. The summed E-state index contributed by atoms with van der Waals surface area (Å²) in [4.78, 5) is 29.2. The number of methoxy groups -OCH3 is 1. The molecule has 0 aromatic heterocycles. The molecule has 38 heavy (non-hydrogen) atoms. The van der Waals surface area contributed by atoms with E-state index in [1.165, 1.54) is 7.11 Å². The molecule has 208 valence electrons. The minimum atomic E-state index is -0.466. The second-order valence-corrected chi connectivity index (χ2v) is 10.2. The first-order valence-electron chi connectivity index (χ1n) is 13.0. The summed E-state index contributed by atoms with van der Waals surface area (Å²) in [5.41, 5.74) is 2.97. The smallest absolute Gasteiger partial charge is 0.259 e. The van der Waals surface area contributed by atoms with Crippen molar-refractivity contribution in [3.8, 4) is 5.75 Å². The number of nitrogens with one attached hydrogen (secondary N) is 3. The number of rotatable bonds is 8. The second-order valence-electron chi connectivity index (χ2n) is 10.2. The topological polar surface area (TPSA) is 110 Å². The molecule has 8 nitrogen and oxygen atoms in total. The highest BCUT2D eigenvalue weighted by Gasteiger charge is 2.30. The molecule has 0 aliphatic carbocycles. The summed E-state index contributed by atoms with van der Waals surface area (Å²) in [6.45, 7) is 20.3. The number of nitrogens with zero attached hydrogens (tertiary/aromatic N) is 2. The van der Waals surface area contributed by atoms with Crippen LogP contribution in [0.5, 0.6) is 5.75 Å².